The maximum absolute atomic E-state index is 11.0. The lowest BCUT2D eigenvalue weighted by atomic mass is 10.1. The third-order valence-corrected chi connectivity index (χ3v) is 3.20. The summed E-state index contributed by atoms with van der Waals surface area (Å²) in [7, 11) is 0. The van der Waals surface area contributed by atoms with Gasteiger partial charge in [0, 0.05) is 19.2 Å². The SMILES string of the molecule is CC(=O)Nc1ccc(CCNc2ncnc3nc[nH]c23)cc1. The number of hydrogen-bond acceptors (Lipinski definition) is 5. The molecule has 0 unspecified atom stereocenters. The molecule has 0 fully saturated rings. The van der Waals surface area contributed by atoms with Crippen LogP contribution in [0.2, 0.25) is 0 Å². The fourth-order valence-corrected chi connectivity index (χ4v) is 2.18. The number of carbonyl (C=O) groups excluding carboxylic acids is 1. The van der Waals surface area contributed by atoms with E-state index in [1.807, 2.05) is 24.3 Å². The first-order chi connectivity index (χ1) is 10.7. The van der Waals surface area contributed by atoms with E-state index in [4.69, 9.17) is 0 Å². The number of nitrogens with zero attached hydrogens (tertiary/aromatic N) is 3. The van der Waals surface area contributed by atoms with Crippen molar-refractivity contribution < 1.29 is 4.79 Å². The summed E-state index contributed by atoms with van der Waals surface area (Å²) in [5.74, 6) is 0.680. The molecule has 0 saturated heterocycles. The molecule has 0 aliphatic carbocycles. The summed E-state index contributed by atoms with van der Waals surface area (Å²) in [5.41, 5.74) is 3.44. The normalized spacial score (nSPS) is 10.6. The third kappa shape index (κ3) is 3.20. The van der Waals surface area contributed by atoms with Crippen LogP contribution in [0.1, 0.15) is 12.5 Å². The monoisotopic (exact) mass is 296 g/mol. The van der Waals surface area contributed by atoms with E-state index in [0.29, 0.717) is 5.65 Å². The minimum atomic E-state index is -0.0678. The van der Waals surface area contributed by atoms with E-state index in [1.165, 1.54) is 18.8 Å². The molecule has 0 aliphatic rings. The Hall–Kier alpha value is -2.96. The lowest BCUT2D eigenvalue weighted by Gasteiger charge is -2.07. The van der Waals surface area contributed by atoms with Crippen molar-refractivity contribution in [3.63, 3.8) is 0 Å². The molecule has 22 heavy (non-hydrogen) atoms. The minimum Gasteiger partial charge on any atom is -0.368 e. The molecule has 7 nitrogen and oxygen atoms in total. The van der Waals surface area contributed by atoms with E-state index in [-0.39, 0.29) is 5.91 Å². The summed E-state index contributed by atoms with van der Waals surface area (Å²) < 4.78 is 0. The molecule has 3 rings (SSSR count). The highest BCUT2D eigenvalue weighted by Gasteiger charge is 2.04. The van der Waals surface area contributed by atoms with E-state index in [2.05, 4.69) is 30.6 Å². The number of amides is 1. The number of aromatic nitrogens is 4. The van der Waals surface area contributed by atoms with Crippen molar-refractivity contribution in [3.8, 4) is 0 Å². The predicted octanol–water partition coefficient (Wildman–Crippen LogP) is 1.97. The number of H-pyrrole nitrogens is 1. The van der Waals surface area contributed by atoms with Gasteiger partial charge in [0.15, 0.2) is 11.5 Å². The van der Waals surface area contributed by atoms with E-state index >= 15 is 0 Å². The molecule has 0 saturated carbocycles. The van der Waals surface area contributed by atoms with E-state index in [0.717, 1.165) is 30.0 Å². The zero-order chi connectivity index (χ0) is 15.4. The predicted molar refractivity (Wildman–Crippen MR) is 84.6 cm³/mol. The van der Waals surface area contributed by atoms with Crippen LogP contribution in [-0.4, -0.2) is 32.4 Å². The van der Waals surface area contributed by atoms with Crippen LogP contribution < -0.4 is 10.6 Å². The van der Waals surface area contributed by atoms with Crippen molar-refractivity contribution in [2.24, 2.45) is 0 Å². The topological polar surface area (TPSA) is 95.6 Å². The molecule has 0 radical (unpaired) electrons. The summed E-state index contributed by atoms with van der Waals surface area (Å²) in [6, 6.07) is 7.79. The second-order valence-corrected chi connectivity index (χ2v) is 4.88. The second kappa shape index (κ2) is 6.21. The van der Waals surface area contributed by atoms with Crippen LogP contribution in [0.5, 0.6) is 0 Å². The van der Waals surface area contributed by atoms with E-state index < -0.39 is 0 Å². The zero-order valence-corrected chi connectivity index (χ0v) is 12.1. The largest absolute Gasteiger partial charge is 0.368 e. The first kappa shape index (κ1) is 14.0. The molecule has 3 aromatic rings. The van der Waals surface area contributed by atoms with Crippen LogP contribution in [0.3, 0.4) is 0 Å². The van der Waals surface area contributed by atoms with Gasteiger partial charge < -0.3 is 15.6 Å². The van der Waals surface area contributed by atoms with Gasteiger partial charge in [-0.1, -0.05) is 12.1 Å². The first-order valence-corrected chi connectivity index (χ1v) is 6.97. The highest BCUT2D eigenvalue weighted by molar-refractivity contribution is 5.88. The van der Waals surface area contributed by atoms with Gasteiger partial charge >= 0.3 is 0 Å². The third-order valence-electron chi connectivity index (χ3n) is 3.20. The summed E-state index contributed by atoms with van der Waals surface area (Å²) in [5, 5.41) is 6.03. The van der Waals surface area contributed by atoms with Crippen LogP contribution in [0, 0.1) is 0 Å². The zero-order valence-electron chi connectivity index (χ0n) is 12.1. The lowest BCUT2D eigenvalue weighted by molar-refractivity contribution is -0.114. The molecule has 0 spiro atoms. The van der Waals surface area contributed by atoms with Gasteiger partial charge in [0.05, 0.1) is 6.33 Å². The number of nitrogens with one attached hydrogen (secondary N) is 3. The van der Waals surface area contributed by atoms with Gasteiger partial charge in [-0.15, -0.1) is 0 Å². The lowest BCUT2D eigenvalue weighted by Crippen LogP contribution is -2.08. The number of aromatic amines is 1. The molecule has 0 aliphatic heterocycles. The summed E-state index contributed by atoms with van der Waals surface area (Å²) in [4.78, 5) is 26.4. The summed E-state index contributed by atoms with van der Waals surface area (Å²) in [6.07, 6.45) is 3.94. The van der Waals surface area contributed by atoms with Gasteiger partial charge in [-0.05, 0) is 24.1 Å². The smallest absolute Gasteiger partial charge is 0.221 e. The van der Waals surface area contributed by atoms with E-state index in [1.54, 1.807) is 6.33 Å². The Balaban J connectivity index is 1.59. The Morgan fingerprint density at radius 2 is 2.00 bits per heavy atom. The number of imidazole rings is 1. The molecule has 2 aromatic heterocycles. The quantitative estimate of drug-likeness (QED) is 0.669. The molecule has 1 aromatic carbocycles. The maximum Gasteiger partial charge on any atom is 0.221 e. The summed E-state index contributed by atoms with van der Waals surface area (Å²) in [6.45, 7) is 2.24. The Kier molecular flexibility index (Phi) is 3.95. The van der Waals surface area contributed by atoms with Gasteiger partial charge in [0.1, 0.15) is 11.8 Å². The van der Waals surface area contributed by atoms with Gasteiger partial charge in [0.25, 0.3) is 0 Å². The van der Waals surface area contributed by atoms with Gasteiger partial charge in [0.2, 0.25) is 5.91 Å². The number of rotatable bonds is 5. The van der Waals surface area contributed by atoms with Crippen LogP contribution in [-0.2, 0) is 11.2 Å². The molecule has 1 amide bonds. The molecule has 2 heterocycles. The highest BCUT2D eigenvalue weighted by atomic mass is 16.1. The molecular formula is C15H16N6O. The maximum atomic E-state index is 11.0. The molecule has 3 N–H and O–H groups in total. The van der Waals surface area contributed by atoms with Crippen molar-refractivity contribution in [2.45, 2.75) is 13.3 Å². The highest BCUT2D eigenvalue weighted by Crippen LogP contribution is 2.15. The number of fused-ring (bicyclic) bond motifs is 1. The van der Waals surface area contributed by atoms with Crippen molar-refractivity contribution in [2.75, 3.05) is 17.2 Å². The molecule has 112 valence electrons. The Morgan fingerprint density at radius 1 is 1.18 bits per heavy atom. The number of anilines is 2. The standard InChI is InChI=1S/C15H16N6O/c1-10(22)21-12-4-2-11(3-5-12)6-7-16-14-13-15(18-8-17-13)20-9-19-14/h2-5,8-9H,6-7H2,1H3,(H,21,22)(H2,16,17,18,19,20). The van der Waals surface area contributed by atoms with Gasteiger partial charge in [-0.2, -0.15) is 0 Å². The van der Waals surface area contributed by atoms with E-state index in [9.17, 15) is 4.79 Å². The molecule has 0 bridgehead atoms. The number of carbonyl (C=O) groups is 1. The van der Waals surface area contributed by atoms with Gasteiger partial charge in [-0.3, -0.25) is 4.79 Å². The molecule has 7 heteroatoms. The Labute approximate surface area is 127 Å². The average Bonchev–Trinajstić information content (AvgIpc) is 2.98. The Morgan fingerprint density at radius 3 is 2.77 bits per heavy atom. The van der Waals surface area contributed by atoms with Crippen molar-refractivity contribution in [1.29, 1.82) is 0 Å². The van der Waals surface area contributed by atoms with Crippen LogP contribution in [0.4, 0.5) is 11.5 Å². The van der Waals surface area contributed by atoms with Crippen molar-refractivity contribution in [1.82, 2.24) is 19.9 Å². The van der Waals surface area contributed by atoms with Crippen LogP contribution in [0.15, 0.2) is 36.9 Å². The van der Waals surface area contributed by atoms with Gasteiger partial charge in [-0.25, -0.2) is 15.0 Å². The number of hydrogen-bond donors (Lipinski definition) is 3. The van der Waals surface area contributed by atoms with Crippen LogP contribution >= 0.6 is 0 Å². The first-order valence-electron chi connectivity index (χ1n) is 6.97. The number of benzene rings is 1. The molecule has 0 atom stereocenters. The van der Waals surface area contributed by atoms with Crippen LogP contribution in [0.25, 0.3) is 11.2 Å². The average molecular weight is 296 g/mol. The van der Waals surface area contributed by atoms with Crippen molar-refractivity contribution >= 4 is 28.6 Å². The second-order valence-electron chi connectivity index (χ2n) is 4.88. The fraction of sp³-hybridized carbons (Fsp3) is 0.200. The fourth-order valence-electron chi connectivity index (χ4n) is 2.18. The summed E-state index contributed by atoms with van der Waals surface area (Å²) >= 11 is 0. The minimum absolute atomic E-state index is 0.0678. The Bertz CT molecular complexity index is 780. The van der Waals surface area contributed by atoms with Crippen molar-refractivity contribution in [3.05, 3.63) is 42.5 Å². The molecular weight excluding hydrogens is 280 g/mol.